The number of hydrazone groups is 1. The molecule has 0 aliphatic rings. The number of carbonyl (C=O) groups excluding carboxylic acids is 1. The van der Waals surface area contributed by atoms with Gasteiger partial charge in [0.1, 0.15) is 5.76 Å². The lowest BCUT2D eigenvalue weighted by Gasteiger charge is -2.02. The minimum atomic E-state index is -1.11. The SMILES string of the molecule is NC(=O)N/N=C\c1cn(Cc2ccc(C(=O)O)o2)c2ccccc12. The summed E-state index contributed by atoms with van der Waals surface area (Å²) in [5.41, 5.74) is 8.83. The van der Waals surface area contributed by atoms with Crippen molar-refractivity contribution >= 4 is 29.1 Å². The van der Waals surface area contributed by atoms with Crippen LogP contribution in [0.2, 0.25) is 0 Å². The van der Waals surface area contributed by atoms with E-state index in [0.29, 0.717) is 12.3 Å². The molecule has 0 spiro atoms. The highest BCUT2D eigenvalue weighted by atomic mass is 16.4. The summed E-state index contributed by atoms with van der Waals surface area (Å²) in [6.07, 6.45) is 3.33. The number of para-hydroxylation sites is 1. The van der Waals surface area contributed by atoms with E-state index in [9.17, 15) is 9.59 Å². The van der Waals surface area contributed by atoms with E-state index in [4.69, 9.17) is 15.3 Å². The molecule has 4 N–H and O–H groups in total. The molecule has 0 saturated carbocycles. The first kappa shape index (κ1) is 15.3. The molecule has 3 aromatic rings. The monoisotopic (exact) mass is 326 g/mol. The van der Waals surface area contributed by atoms with Gasteiger partial charge in [0.2, 0.25) is 5.76 Å². The van der Waals surface area contributed by atoms with Crippen LogP contribution in [0.3, 0.4) is 0 Å². The molecular formula is C16H14N4O4. The number of carboxylic acid groups (broad SMARTS) is 1. The van der Waals surface area contributed by atoms with Gasteiger partial charge in [0.25, 0.3) is 0 Å². The van der Waals surface area contributed by atoms with Gasteiger partial charge in [0, 0.05) is 22.7 Å². The number of benzene rings is 1. The fraction of sp³-hybridized carbons (Fsp3) is 0.0625. The topological polar surface area (TPSA) is 123 Å². The number of nitrogens with one attached hydrogen (secondary N) is 1. The summed E-state index contributed by atoms with van der Waals surface area (Å²) in [5, 5.41) is 13.6. The van der Waals surface area contributed by atoms with Crippen molar-refractivity contribution < 1.29 is 19.1 Å². The van der Waals surface area contributed by atoms with E-state index in [-0.39, 0.29) is 5.76 Å². The summed E-state index contributed by atoms with van der Waals surface area (Å²) in [4.78, 5) is 21.6. The molecule has 24 heavy (non-hydrogen) atoms. The van der Waals surface area contributed by atoms with Gasteiger partial charge in [-0.25, -0.2) is 15.0 Å². The molecule has 0 saturated heterocycles. The number of primary amides is 1. The summed E-state index contributed by atoms with van der Waals surface area (Å²) in [7, 11) is 0. The van der Waals surface area contributed by atoms with Crippen LogP contribution >= 0.6 is 0 Å². The van der Waals surface area contributed by atoms with Crippen LogP contribution in [0.4, 0.5) is 4.79 Å². The van der Waals surface area contributed by atoms with Crippen LogP contribution in [-0.2, 0) is 6.54 Å². The fourth-order valence-electron chi connectivity index (χ4n) is 2.42. The normalized spacial score (nSPS) is 11.2. The number of furan rings is 1. The third kappa shape index (κ3) is 3.12. The Morgan fingerprint density at radius 1 is 1.29 bits per heavy atom. The maximum Gasteiger partial charge on any atom is 0.371 e. The third-order valence-electron chi connectivity index (χ3n) is 3.40. The number of hydrogen-bond acceptors (Lipinski definition) is 4. The van der Waals surface area contributed by atoms with Crippen LogP contribution in [0.5, 0.6) is 0 Å². The maximum atomic E-state index is 10.9. The van der Waals surface area contributed by atoms with Gasteiger partial charge in [-0.3, -0.25) is 0 Å². The van der Waals surface area contributed by atoms with Gasteiger partial charge in [-0.1, -0.05) is 18.2 Å². The van der Waals surface area contributed by atoms with Crippen LogP contribution in [0.1, 0.15) is 21.9 Å². The van der Waals surface area contributed by atoms with Crippen molar-refractivity contribution in [2.75, 3.05) is 0 Å². The lowest BCUT2D eigenvalue weighted by Crippen LogP contribution is -2.24. The molecule has 2 heterocycles. The van der Waals surface area contributed by atoms with Crippen molar-refractivity contribution in [3.63, 3.8) is 0 Å². The largest absolute Gasteiger partial charge is 0.475 e. The van der Waals surface area contributed by atoms with Crippen molar-refractivity contribution in [1.82, 2.24) is 9.99 Å². The molecule has 2 amide bonds. The number of fused-ring (bicyclic) bond motifs is 1. The number of hydrogen-bond donors (Lipinski definition) is 3. The van der Waals surface area contributed by atoms with E-state index in [1.807, 2.05) is 35.0 Å². The van der Waals surface area contributed by atoms with Crippen LogP contribution in [0.15, 0.2) is 52.1 Å². The molecule has 0 fully saturated rings. The number of aromatic carboxylic acids is 1. The molecule has 0 atom stereocenters. The van der Waals surface area contributed by atoms with E-state index in [1.165, 1.54) is 12.3 Å². The Morgan fingerprint density at radius 2 is 2.08 bits per heavy atom. The Bertz CT molecular complexity index is 939. The van der Waals surface area contributed by atoms with Gasteiger partial charge >= 0.3 is 12.0 Å². The quantitative estimate of drug-likeness (QED) is 0.490. The third-order valence-corrected chi connectivity index (χ3v) is 3.40. The Hall–Kier alpha value is -3.55. The summed E-state index contributed by atoms with van der Waals surface area (Å²) < 4.78 is 7.20. The van der Waals surface area contributed by atoms with Crippen molar-refractivity contribution in [3.05, 3.63) is 59.7 Å². The van der Waals surface area contributed by atoms with Crippen LogP contribution in [-0.4, -0.2) is 27.9 Å². The van der Waals surface area contributed by atoms with Gasteiger partial charge in [0.05, 0.1) is 12.8 Å². The molecule has 8 heteroatoms. The van der Waals surface area contributed by atoms with Crippen molar-refractivity contribution in [2.45, 2.75) is 6.54 Å². The number of nitrogens with zero attached hydrogens (tertiary/aromatic N) is 2. The predicted octanol–water partition coefficient (Wildman–Crippen LogP) is 1.98. The summed E-state index contributed by atoms with van der Waals surface area (Å²) >= 11 is 0. The highest BCUT2D eigenvalue weighted by Crippen LogP contribution is 2.21. The highest BCUT2D eigenvalue weighted by Gasteiger charge is 2.12. The molecular weight excluding hydrogens is 312 g/mol. The number of urea groups is 1. The lowest BCUT2D eigenvalue weighted by molar-refractivity contribution is 0.0660. The number of carboxylic acids is 1. The summed E-state index contributed by atoms with van der Waals surface area (Å²) in [6, 6.07) is 9.93. The highest BCUT2D eigenvalue weighted by molar-refractivity contribution is 5.99. The summed E-state index contributed by atoms with van der Waals surface area (Å²) in [5.74, 6) is -0.690. The Kier molecular flexibility index (Phi) is 4.02. The number of rotatable bonds is 5. The average molecular weight is 326 g/mol. The zero-order chi connectivity index (χ0) is 17.1. The molecule has 0 aliphatic heterocycles. The van der Waals surface area contributed by atoms with E-state index in [0.717, 1.165) is 16.5 Å². The van der Waals surface area contributed by atoms with E-state index >= 15 is 0 Å². The van der Waals surface area contributed by atoms with Gasteiger partial charge < -0.3 is 19.8 Å². The minimum Gasteiger partial charge on any atom is -0.475 e. The van der Waals surface area contributed by atoms with Crippen molar-refractivity contribution in [2.24, 2.45) is 10.8 Å². The minimum absolute atomic E-state index is 0.103. The molecule has 3 rings (SSSR count). The standard InChI is InChI=1S/C16H14N4O4/c17-16(23)19-18-7-10-8-20(13-4-2-1-3-12(10)13)9-11-5-6-14(24-11)15(21)22/h1-8H,9H2,(H,21,22)(H3,17,19,23)/b18-7-. The Labute approximate surface area is 136 Å². The lowest BCUT2D eigenvalue weighted by atomic mass is 10.2. The Balaban J connectivity index is 1.94. The maximum absolute atomic E-state index is 10.9. The smallest absolute Gasteiger partial charge is 0.371 e. The van der Waals surface area contributed by atoms with Crippen molar-refractivity contribution in [1.29, 1.82) is 0 Å². The second-order valence-electron chi connectivity index (χ2n) is 5.03. The van der Waals surface area contributed by atoms with Crippen LogP contribution in [0, 0.1) is 0 Å². The van der Waals surface area contributed by atoms with Gasteiger partial charge in [-0.15, -0.1) is 0 Å². The zero-order valence-electron chi connectivity index (χ0n) is 12.5. The zero-order valence-corrected chi connectivity index (χ0v) is 12.5. The second kappa shape index (κ2) is 6.29. The molecule has 0 unspecified atom stereocenters. The number of nitrogens with two attached hydrogens (primary N) is 1. The first-order chi connectivity index (χ1) is 11.5. The van der Waals surface area contributed by atoms with E-state index in [1.54, 1.807) is 6.07 Å². The van der Waals surface area contributed by atoms with Gasteiger partial charge in [-0.05, 0) is 18.2 Å². The second-order valence-corrected chi connectivity index (χ2v) is 5.03. The average Bonchev–Trinajstić information content (AvgIpc) is 3.14. The molecule has 1 aromatic carbocycles. The molecule has 0 radical (unpaired) electrons. The first-order valence-electron chi connectivity index (χ1n) is 7.03. The number of amides is 2. The van der Waals surface area contributed by atoms with Crippen LogP contribution < -0.4 is 11.2 Å². The molecule has 2 aromatic heterocycles. The fourth-order valence-corrected chi connectivity index (χ4v) is 2.42. The molecule has 0 bridgehead atoms. The van der Waals surface area contributed by atoms with Gasteiger partial charge in [-0.2, -0.15) is 5.10 Å². The van der Waals surface area contributed by atoms with E-state index in [2.05, 4.69) is 10.5 Å². The van der Waals surface area contributed by atoms with Crippen LogP contribution in [0.25, 0.3) is 10.9 Å². The first-order valence-corrected chi connectivity index (χ1v) is 7.03. The van der Waals surface area contributed by atoms with Crippen molar-refractivity contribution in [3.8, 4) is 0 Å². The molecule has 122 valence electrons. The van der Waals surface area contributed by atoms with E-state index < -0.39 is 12.0 Å². The predicted molar refractivity (Wildman–Crippen MR) is 87.0 cm³/mol. The Morgan fingerprint density at radius 3 is 2.79 bits per heavy atom. The summed E-state index contributed by atoms with van der Waals surface area (Å²) in [6.45, 7) is 0.366. The van der Waals surface area contributed by atoms with Gasteiger partial charge in [0.15, 0.2) is 0 Å². The molecule has 0 aliphatic carbocycles. The molecule has 8 nitrogen and oxygen atoms in total. The number of carbonyl (C=O) groups is 2. The number of aromatic nitrogens is 1.